The van der Waals surface area contributed by atoms with Crippen molar-refractivity contribution in [1.29, 1.82) is 0 Å². The maximum Gasteiger partial charge on any atom is 0.253 e. The Morgan fingerprint density at radius 1 is 0.818 bits per heavy atom. The number of nitrogens with zero attached hydrogens (tertiary/aromatic N) is 1. The summed E-state index contributed by atoms with van der Waals surface area (Å²) in [6, 6.07) is 19.8. The van der Waals surface area contributed by atoms with E-state index < -0.39 is 5.91 Å². The van der Waals surface area contributed by atoms with Gasteiger partial charge in [-0.2, -0.15) is 0 Å². The minimum absolute atomic E-state index is 0.0119. The van der Waals surface area contributed by atoms with Gasteiger partial charge in [-0.25, -0.2) is 0 Å². The predicted molar refractivity (Wildman–Crippen MR) is 127 cm³/mol. The van der Waals surface area contributed by atoms with Gasteiger partial charge in [0.1, 0.15) is 23.4 Å². The highest BCUT2D eigenvalue weighted by molar-refractivity contribution is 5.94. The summed E-state index contributed by atoms with van der Waals surface area (Å²) in [5.74, 6) is 1.69. The fraction of sp³-hybridized carbons (Fsp3) is 0.259. The molecule has 0 saturated carbocycles. The number of likely N-dealkylation sites (tertiary alicyclic amines) is 1. The van der Waals surface area contributed by atoms with Crippen LogP contribution in [0.3, 0.4) is 0 Å². The Bertz CT molecular complexity index is 1110. The topological polar surface area (TPSA) is 81.9 Å². The van der Waals surface area contributed by atoms with Crippen LogP contribution in [0.5, 0.6) is 17.2 Å². The highest BCUT2D eigenvalue weighted by Gasteiger charge is 2.25. The number of para-hydroxylation sites is 1. The van der Waals surface area contributed by atoms with Gasteiger partial charge in [-0.3, -0.25) is 9.59 Å². The molecule has 6 heteroatoms. The molecular formula is C27H28N2O4. The summed E-state index contributed by atoms with van der Waals surface area (Å²) >= 11 is 0. The third kappa shape index (κ3) is 5.34. The molecule has 1 heterocycles. The fourth-order valence-corrected chi connectivity index (χ4v) is 4.00. The minimum Gasteiger partial charge on any atom is -0.490 e. The quantitative estimate of drug-likeness (QED) is 0.588. The molecule has 0 radical (unpaired) electrons. The molecule has 3 aromatic carbocycles. The monoisotopic (exact) mass is 444 g/mol. The number of amides is 2. The lowest BCUT2D eigenvalue weighted by molar-refractivity contribution is 0.0593. The average molecular weight is 445 g/mol. The molecule has 0 bridgehead atoms. The molecule has 2 amide bonds. The molecule has 1 saturated heterocycles. The van der Waals surface area contributed by atoms with E-state index in [1.165, 1.54) is 0 Å². The molecular weight excluding hydrogens is 416 g/mol. The first-order valence-electron chi connectivity index (χ1n) is 11.1. The van der Waals surface area contributed by atoms with Gasteiger partial charge in [0.05, 0.1) is 0 Å². The first-order chi connectivity index (χ1) is 15.9. The summed E-state index contributed by atoms with van der Waals surface area (Å²) in [7, 11) is 0. The number of hydrogen-bond donors (Lipinski definition) is 1. The van der Waals surface area contributed by atoms with Crippen LogP contribution in [0.2, 0.25) is 0 Å². The number of aryl methyl sites for hydroxylation is 2. The van der Waals surface area contributed by atoms with Crippen molar-refractivity contribution in [2.75, 3.05) is 13.1 Å². The van der Waals surface area contributed by atoms with E-state index in [9.17, 15) is 9.59 Å². The standard InChI is InChI=1S/C27H28N2O4/c1-18-4-3-5-19(2)25(18)33-24-14-16-29(17-15-24)27(31)21-8-12-23(13-9-21)32-22-10-6-20(7-11-22)26(28)30/h3-13,24H,14-17H2,1-2H3,(H2,28,30). The van der Waals surface area contributed by atoms with Gasteiger partial charge < -0.3 is 20.1 Å². The second kappa shape index (κ2) is 9.77. The third-order valence-corrected chi connectivity index (χ3v) is 5.90. The van der Waals surface area contributed by atoms with Crippen LogP contribution in [0, 0.1) is 13.8 Å². The molecule has 0 spiro atoms. The molecule has 0 aromatic heterocycles. The number of rotatable bonds is 6. The van der Waals surface area contributed by atoms with Gasteiger partial charge in [0.2, 0.25) is 5.91 Å². The van der Waals surface area contributed by atoms with Gasteiger partial charge in [-0.15, -0.1) is 0 Å². The van der Waals surface area contributed by atoms with Gasteiger partial charge in [0.25, 0.3) is 5.91 Å². The molecule has 0 aliphatic carbocycles. The highest BCUT2D eigenvalue weighted by atomic mass is 16.5. The Morgan fingerprint density at radius 2 is 1.33 bits per heavy atom. The van der Waals surface area contributed by atoms with E-state index in [0.717, 1.165) is 29.7 Å². The number of ether oxygens (including phenoxy) is 2. The van der Waals surface area contributed by atoms with Crippen molar-refractivity contribution >= 4 is 11.8 Å². The number of primary amides is 1. The number of piperidine rings is 1. The van der Waals surface area contributed by atoms with Crippen LogP contribution in [0.4, 0.5) is 0 Å². The van der Waals surface area contributed by atoms with Crippen molar-refractivity contribution < 1.29 is 19.1 Å². The molecule has 2 N–H and O–H groups in total. The van der Waals surface area contributed by atoms with Crippen molar-refractivity contribution in [3.05, 3.63) is 89.0 Å². The Balaban J connectivity index is 1.32. The van der Waals surface area contributed by atoms with Crippen molar-refractivity contribution in [2.45, 2.75) is 32.8 Å². The van der Waals surface area contributed by atoms with E-state index in [0.29, 0.717) is 35.7 Å². The number of carbonyl (C=O) groups excluding carboxylic acids is 2. The SMILES string of the molecule is Cc1cccc(C)c1OC1CCN(C(=O)c2ccc(Oc3ccc(C(N)=O)cc3)cc2)CC1. The molecule has 6 nitrogen and oxygen atoms in total. The summed E-state index contributed by atoms with van der Waals surface area (Å²) < 4.78 is 12.1. The van der Waals surface area contributed by atoms with E-state index in [2.05, 4.69) is 26.0 Å². The second-order valence-corrected chi connectivity index (χ2v) is 8.35. The van der Waals surface area contributed by atoms with Crippen molar-refractivity contribution in [1.82, 2.24) is 4.90 Å². The van der Waals surface area contributed by atoms with Crippen molar-refractivity contribution in [3.8, 4) is 17.2 Å². The molecule has 3 aromatic rings. The molecule has 1 aliphatic rings. The van der Waals surface area contributed by atoms with E-state index >= 15 is 0 Å². The summed E-state index contributed by atoms with van der Waals surface area (Å²) in [6.45, 7) is 5.45. The van der Waals surface area contributed by atoms with Crippen LogP contribution >= 0.6 is 0 Å². The summed E-state index contributed by atoms with van der Waals surface area (Å²) in [5.41, 5.74) is 8.58. The van der Waals surface area contributed by atoms with Gasteiger partial charge in [0, 0.05) is 37.1 Å². The summed E-state index contributed by atoms with van der Waals surface area (Å²) in [4.78, 5) is 26.0. The highest BCUT2D eigenvalue weighted by Crippen LogP contribution is 2.27. The van der Waals surface area contributed by atoms with Crippen LogP contribution in [0.25, 0.3) is 0 Å². The zero-order valence-corrected chi connectivity index (χ0v) is 18.9. The number of benzene rings is 3. The lowest BCUT2D eigenvalue weighted by atomic mass is 10.1. The number of carbonyl (C=O) groups is 2. The average Bonchev–Trinajstić information content (AvgIpc) is 2.82. The maximum atomic E-state index is 12.9. The molecule has 170 valence electrons. The predicted octanol–water partition coefficient (Wildman–Crippen LogP) is 4.88. The van der Waals surface area contributed by atoms with Crippen LogP contribution < -0.4 is 15.2 Å². The molecule has 33 heavy (non-hydrogen) atoms. The largest absolute Gasteiger partial charge is 0.490 e. The van der Waals surface area contributed by atoms with Crippen LogP contribution in [-0.4, -0.2) is 35.9 Å². The van der Waals surface area contributed by atoms with Crippen molar-refractivity contribution in [3.63, 3.8) is 0 Å². The second-order valence-electron chi connectivity index (χ2n) is 8.35. The normalized spacial score (nSPS) is 14.1. The van der Waals surface area contributed by atoms with E-state index in [1.807, 2.05) is 11.0 Å². The molecule has 1 aliphatic heterocycles. The molecule has 1 fully saturated rings. The lowest BCUT2D eigenvalue weighted by Gasteiger charge is -2.33. The Morgan fingerprint density at radius 3 is 1.85 bits per heavy atom. The van der Waals surface area contributed by atoms with E-state index in [4.69, 9.17) is 15.2 Å². The van der Waals surface area contributed by atoms with E-state index in [1.54, 1.807) is 48.5 Å². The lowest BCUT2D eigenvalue weighted by Crippen LogP contribution is -2.41. The first kappa shape index (κ1) is 22.4. The van der Waals surface area contributed by atoms with Gasteiger partial charge in [-0.05, 0) is 73.5 Å². The summed E-state index contributed by atoms with van der Waals surface area (Å²) in [6.07, 6.45) is 1.73. The molecule has 0 unspecified atom stereocenters. The van der Waals surface area contributed by atoms with E-state index in [-0.39, 0.29) is 12.0 Å². The smallest absolute Gasteiger partial charge is 0.253 e. The molecule has 4 rings (SSSR count). The number of nitrogens with two attached hydrogens (primary N) is 1. The zero-order chi connectivity index (χ0) is 23.4. The van der Waals surface area contributed by atoms with Crippen molar-refractivity contribution in [2.24, 2.45) is 5.73 Å². The Kier molecular flexibility index (Phi) is 6.63. The first-order valence-corrected chi connectivity index (χ1v) is 11.1. The third-order valence-electron chi connectivity index (χ3n) is 5.90. The Labute approximate surface area is 193 Å². The van der Waals surface area contributed by atoms with Gasteiger partial charge >= 0.3 is 0 Å². The van der Waals surface area contributed by atoms with Gasteiger partial charge in [0.15, 0.2) is 0 Å². The van der Waals surface area contributed by atoms with Crippen LogP contribution in [-0.2, 0) is 0 Å². The number of hydrogen-bond acceptors (Lipinski definition) is 4. The van der Waals surface area contributed by atoms with Gasteiger partial charge in [-0.1, -0.05) is 18.2 Å². The minimum atomic E-state index is -0.481. The maximum absolute atomic E-state index is 12.9. The Hall–Kier alpha value is -3.80. The van der Waals surface area contributed by atoms with Crippen LogP contribution in [0.15, 0.2) is 66.7 Å². The molecule has 0 atom stereocenters. The summed E-state index contributed by atoms with van der Waals surface area (Å²) in [5, 5.41) is 0. The van der Waals surface area contributed by atoms with Crippen LogP contribution in [0.1, 0.15) is 44.7 Å². The zero-order valence-electron chi connectivity index (χ0n) is 18.9. The fourth-order valence-electron chi connectivity index (χ4n) is 4.00.